The average Bonchev–Trinajstić information content (AvgIpc) is 2.64. The second-order valence-electron chi connectivity index (χ2n) is 7.77. The van der Waals surface area contributed by atoms with Crippen molar-refractivity contribution in [2.75, 3.05) is 6.61 Å². The second kappa shape index (κ2) is 8.88. The Balaban J connectivity index is 1.61. The van der Waals surface area contributed by atoms with Crippen molar-refractivity contribution in [1.29, 1.82) is 0 Å². The van der Waals surface area contributed by atoms with Gasteiger partial charge in [-0.2, -0.15) is 0 Å². The lowest BCUT2D eigenvalue weighted by Crippen LogP contribution is -2.36. The Hall–Kier alpha value is -1.58. The van der Waals surface area contributed by atoms with E-state index in [1.54, 1.807) is 13.0 Å². The van der Waals surface area contributed by atoms with Crippen molar-refractivity contribution >= 4 is 5.97 Å². The molecule has 0 radical (unpaired) electrons. The van der Waals surface area contributed by atoms with E-state index in [-0.39, 0.29) is 17.4 Å². The summed E-state index contributed by atoms with van der Waals surface area (Å²) in [4.78, 5) is 12.4. The van der Waals surface area contributed by atoms with Gasteiger partial charge >= 0.3 is 5.97 Å². The largest absolute Gasteiger partial charge is 0.491 e. The molecule has 1 atom stereocenters. The normalized spacial score (nSPS) is 25.5. The van der Waals surface area contributed by atoms with Crippen molar-refractivity contribution in [3.63, 3.8) is 0 Å². The monoisotopic (exact) mass is 362 g/mol. The van der Waals surface area contributed by atoms with Crippen LogP contribution in [0, 0.1) is 17.7 Å². The molecule has 1 heterocycles. The molecule has 0 bridgehead atoms. The van der Waals surface area contributed by atoms with Gasteiger partial charge in [-0.1, -0.05) is 51.5 Å². The fourth-order valence-corrected chi connectivity index (χ4v) is 4.50. The van der Waals surface area contributed by atoms with E-state index in [0.29, 0.717) is 18.9 Å². The van der Waals surface area contributed by atoms with Crippen molar-refractivity contribution in [2.45, 2.75) is 77.7 Å². The van der Waals surface area contributed by atoms with Gasteiger partial charge in [-0.3, -0.25) is 0 Å². The van der Waals surface area contributed by atoms with Crippen molar-refractivity contribution in [1.82, 2.24) is 0 Å². The van der Waals surface area contributed by atoms with Gasteiger partial charge in [-0.05, 0) is 43.2 Å². The first-order chi connectivity index (χ1) is 12.6. The van der Waals surface area contributed by atoms with Crippen LogP contribution in [0.2, 0.25) is 0 Å². The van der Waals surface area contributed by atoms with Gasteiger partial charge in [0.05, 0.1) is 6.61 Å². The molecule has 1 aromatic carbocycles. The maximum absolute atomic E-state index is 14.5. The molecule has 1 aromatic rings. The maximum Gasteiger partial charge on any atom is 0.341 e. The van der Waals surface area contributed by atoms with Gasteiger partial charge in [0, 0.05) is 6.42 Å². The van der Waals surface area contributed by atoms with Crippen LogP contribution in [0.4, 0.5) is 4.39 Å². The molecule has 0 aromatic heterocycles. The lowest BCUT2D eigenvalue weighted by Gasteiger charge is -2.36. The Labute approximate surface area is 156 Å². The highest BCUT2D eigenvalue weighted by molar-refractivity contribution is 5.93. The van der Waals surface area contributed by atoms with Gasteiger partial charge in [0.1, 0.15) is 11.7 Å². The second-order valence-corrected chi connectivity index (χ2v) is 7.77. The van der Waals surface area contributed by atoms with Crippen LogP contribution in [0.5, 0.6) is 5.75 Å². The van der Waals surface area contributed by atoms with Gasteiger partial charge in [-0.15, -0.1) is 0 Å². The van der Waals surface area contributed by atoms with Crippen LogP contribution in [0.3, 0.4) is 0 Å². The van der Waals surface area contributed by atoms with Gasteiger partial charge in [0.15, 0.2) is 11.6 Å². The van der Waals surface area contributed by atoms with Crippen LogP contribution in [-0.2, 0) is 11.2 Å². The van der Waals surface area contributed by atoms with Crippen LogP contribution in [0.25, 0.3) is 0 Å². The number of hydrogen-bond donors (Lipinski definition) is 0. The summed E-state index contributed by atoms with van der Waals surface area (Å²) in [5.74, 6) is 0.266. The predicted molar refractivity (Wildman–Crippen MR) is 100 cm³/mol. The number of ether oxygens (including phenoxy) is 2. The molecule has 144 valence electrons. The Morgan fingerprint density at radius 1 is 1.15 bits per heavy atom. The Kier molecular flexibility index (Phi) is 6.55. The van der Waals surface area contributed by atoms with Crippen molar-refractivity contribution in [3.8, 4) is 5.75 Å². The fourth-order valence-electron chi connectivity index (χ4n) is 4.50. The smallest absolute Gasteiger partial charge is 0.341 e. The summed E-state index contributed by atoms with van der Waals surface area (Å²) < 4.78 is 25.5. The number of unbranched alkanes of at least 4 members (excludes halogenated alkanes) is 2. The Morgan fingerprint density at radius 2 is 1.92 bits per heavy atom. The zero-order valence-electron chi connectivity index (χ0n) is 16.1. The van der Waals surface area contributed by atoms with E-state index in [1.807, 2.05) is 6.07 Å². The minimum absolute atomic E-state index is 0.0699. The maximum atomic E-state index is 14.5. The topological polar surface area (TPSA) is 35.5 Å². The van der Waals surface area contributed by atoms with Gasteiger partial charge < -0.3 is 9.47 Å². The molecule has 1 fully saturated rings. The Bertz CT molecular complexity index is 620. The highest BCUT2D eigenvalue weighted by atomic mass is 19.1. The third kappa shape index (κ3) is 4.21. The van der Waals surface area contributed by atoms with E-state index in [1.165, 1.54) is 38.5 Å². The molecule has 0 spiro atoms. The molecular weight excluding hydrogens is 331 g/mol. The van der Waals surface area contributed by atoms with E-state index in [2.05, 4.69) is 6.92 Å². The first-order valence-corrected chi connectivity index (χ1v) is 10.3. The summed E-state index contributed by atoms with van der Waals surface area (Å²) in [5.41, 5.74) is 0.831. The number of cyclic esters (lactones) is 1. The summed E-state index contributed by atoms with van der Waals surface area (Å²) in [6.45, 7) is 4.41. The molecule has 4 heteroatoms. The minimum Gasteiger partial charge on any atom is -0.491 e. The average molecular weight is 362 g/mol. The zero-order chi connectivity index (χ0) is 18.5. The Morgan fingerprint density at radius 3 is 2.62 bits per heavy atom. The third-order valence-electron chi connectivity index (χ3n) is 6.01. The molecule has 1 aliphatic heterocycles. The van der Waals surface area contributed by atoms with Crippen LogP contribution in [-0.4, -0.2) is 18.7 Å². The van der Waals surface area contributed by atoms with Gasteiger partial charge in [0.2, 0.25) is 0 Å². The molecule has 1 aliphatic carbocycles. The zero-order valence-corrected chi connectivity index (χ0v) is 16.1. The standard InChI is InChI=1S/C22H31FO3/c1-3-5-6-7-15-8-10-16(11-9-15)19-14-17-12-13-18(25-4-2)21(23)20(17)22(24)26-19/h12-13,15-16,19H,3-11,14H2,1-2H3. The summed E-state index contributed by atoms with van der Waals surface area (Å²) in [6, 6.07) is 3.46. The van der Waals surface area contributed by atoms with Crippen molar-refractivity contribution in [3.05, 3.63) is 29.1 Å². The summed E-state index contributed by atoms with van der Waals surface area (Å²) in [7, 11) is 0. The number of benzene rings is 1. The van der Waals surface area contributed by atoms with Gasteiger partial charge in [-0.25, -0.2) is 9.18 Å². The van der Waals surface area contributed by atoms with Crippen molar-refractivity contribution in [2.24, 2.45) is 11.8 Å². The van der Waals surface area contributed by atoms with E-state index < -0.39 is 11.8 Å². The van der Waals surface area contributed by atoms with E-state index in [9.17, 15) is 9.18 Å². The molecule has 1 unspecified atom stereocenters. The summed E-state index contributed by atoms with van der Waals surface area (Å²) >= 11 is 0. The molecule has 0 saturated heterocycles. The molecular formula is C22H31FO3. The number of rotatable bonds is 7. The summed E-state index contributed by atoms with van der Waals surface area (Å²) in [6.07, 6.45) is 10.5. The molecule has 3 rings (SSSR count). The van der Waals surface area contributed by atoms with Crippen LogP contribution in [0.1, 0.15) is 81.1 Å². The minimum atomic E-state index is -0.576. The number of esters is 1. The molecule has 2 aliphatic rings. The molecule has 3 nitrogen and oxygen atoms in total. The van der Waals surface area contributed by atoms with E-state index >= 15 is 0 Å². The number of carbonyl (C=O) groups is 1. The lowest BCUT2D eigenvalue weighted by atomic mass is 9.75. The first kappa shape index (κ1) is 19.2. The quantitative estimate of drug-likeness (QED) is 0.461. The molecule has 0 N–H and O–H groups in total. The van der Waals surface area contributed by atoms with Crippen molar-refractivity contribution < 1.29 is 18.7 Å². The molecule has 1 saturated carbocycles. The van der Waals surface area contributed by atoms with Crippen LogP contribution < -0.4 is 4.74 Å². The van der Waals surface area contributed by atoms with Gasteiger partial charge in [0.25, 0.3) is 0 Å². The lowest BCUT2D eigenvalue weighted by molar-refractivity contribution is -0.00106. The number of hydrogen-bond acceptors (Lipinski definition) is 3. The highest BCUT2D eigenvalue weighted by Gasteiger charge is 2.36. The number of fused-ring (bicyclic) bond motifs is 1. The third-order valence-corrected chi connectivity index (χ3v) is 6.01. The first-order valence-electron chi connectivity index (χ1n) is 10.3. The highest BCUT2D eigenvalue weighted by Crippen LogP contribution is 2.38. The van der Waals surface area contributed by atoms with Crippen LogP contribution >= 0.6 is 0 Å². The van der Waals surface area contributed by atoms with E-state index in [4.69, 9.17) is 9.47 Å². The fraction of sp³-hybridized carbons (Fsp3) is 0.682. The number of halogens is 1. The molecule has 0 amide bonds. The predicted octanol–water partition coefficient (Wildman–Crippen LogP) is 5.69. The molecule has 26 heavy (non-hydrogen) atoms. The number of carbonyl (C=O) groups excluding carboxylic acids is 1. The van der Waals surface area contributed by atoms with E-state index in [0.717, 1.165) is 24.3 Å². The SMILES string of the molecule is CCCCCC1CCC(C2Cc3ccc(OCC)c(F)c3C(=O)O2)CC1. The summed E-state index contributed by atoms with van der Waals surface area (Å²) in [5, 5.41) is 0. The van der Waals surface area contributed by atoms with Crippen LogP contribution in [0.15, 0.2) is 12.1 Å².